The molecule has 1 atom stereocenters. The Morgan fingerprint density at radius 1 is 1.36 bits per heavy atom. The van der Waals surface area contributed by atoms with Crippen LogP contribution >= 0.6 is 0 Å². The second-order valence-electron chi connectivity index (χ2n) is 6.36. The zero-order valence-corrected chi connectivity index (χ0v) is 14.5. The number of rotatable bonds is 7. The summed E-state index contributed by atoms with van der Waals surface area (Å²) >= 11 is 0. The molecule has 1 aliphatic heterocycles. The number of β-amino-alcohol motifs (C(OH)–C–C–N with tert-alkyl or cyclic N) is 1. The molecule has 0 saturated heterocycles. The number of fused-ring (bicyclic) bond motifs is 1. The number of benzene rings is 1. The fourth-order valence-electron chi connectivity index (χ4n) is 3.00. The molecule has 134 valence electrons. The molecule has 6 heteroatoms. The average molecular weight is 345 g/mol. The van der Waals surface area contributed by atoms with Gasteiger partial charge in [0, 0.05) is 37.8 Å². The normalized spacial score (nSPS) is 15.8. The van der Waals surface area contributed by atoms with Crippen LogP contribution in [0.1, 0.15) is 29.6 Å². The number of aryl methyl sites for hydroxylation is 1. The first-order valence-electron chi connectivity index (χ1n) is 8.71. The highest BCUT2D eigenvalue weighted by molar-refractivity contribution is 5.20. The summed E-state index contributed by atoms with van der Waals surface area (Å²) in [6.45, 7) is 4.49. The molecule has 1 aromatic carbocycles. The Bertz CT molecular complexity index is 711. The van der Waals surface area contributed by atoms with Gasteiger partial charge >= 0.3 is 0 Å². The minimum atomic E-state index is -0.610. The van der Waals surface area contributed by atoms with Crippen molar-refractivity contribution in [2.45, 2.75) is 39.0 Å². The SMILES string of the molecule is CCc1ncc2c(n1)CN(CC(O)COCc1ccccc1F)CC2. The van der Waals surface area contributed by atoms with Crippen molar-refractivity contribution in [2.75, 3.05) is 19.7 Å². The van der Waals surface area contributed by atoms with Crippen molar-refractivity contribution in [1.29, 1.82) is 0 Å². The van der Waals surface area contributed by atoms with Crippen molar-refractivity contribution in [3.05, 3.63) is 58.9 Å². The van der Waals surface area contributed by atoms with E-state index in [0.29, 0.717) is 12.1 Å². The second-order valence-corrected chi connectivity index (χ2v) is 6.36. The van der Waals surface area contributed by atoms with Crippen LogP contribution in [0.25, 0.3) is 0 Å². The van der Waals surface area contributed by atoms with Crippen LogP contribution in [-0.2, 0) is 30.7 Å². The summed E-state index contributed by atoms with van der Waals surface area (Å²) in [5.74, 6) is 0.574. The van der Waals surface area contributed by atoms with E-state index in [1.54, 1.807) is 18.2 Å². The lowest BCUT2D eigenvalue weighted by Crippen LogP contribution is -2.38. The smallest absolute Gasteiger partial charge is 0.128 e. The van der Waals surface area contributed by atoms with Crippen molar-refractivity contribution < 1.29 is 14.2 Å². The third-order valence-corrected chi connectivity index (χ3v) is 4.39. The number of halogens is 1. The molecule has 5 nitrogen and oxygen atoms in total. The van der Waals surface area contributed by atoms with Gasteiger partial charge in [-0.05, 0) is 18.1 Å². The molecule has 1 unspecified atom stereocenters. The molecule has 25 heavy (non-hydrogen) atoms. The highest BCUT2D eigenvalue weighted by Crippen LogP contribution is 2.17. The molecule has 3 rings (SSSR count). The zero-order valence-electron chi connectivity index (χ0n) is 14.5. The van der Waals surface area contributed by atoms with Gasteiger partial charge in [-0.2, -0.15) is 0 Å². The quantitative estimate of drug-likeness (QED) is 0.833. The minimum absolute atomic E-state index is 0.166. The summed E-state index contributed by atoms with van der Waals surface area (Å²) in [4.78, 5) is 11.1. The van der Waals surface area contributed by atoms with Crippen LogP contribution in [0.5, 0.6) is 0 Å². The zero-order chi connectivity index (χ0) is 17.6. The lowest BCUT2D eigenvalue weighted by molar-refractivity contribution is 0.00674. The van der Waals surface area contributed by atoms with Gasteiger partial charge in [0.1, 0.15) is 11.6 Å². The predicted molar refractivity (Wildman–Crippen MR) is 92.5 cm³/mol. The highest BCUT2D eigenvalue weighted by Gasteiger charge is 2.20. The van der Waals surface area contributed by atoms with E-state index in [1.807, 2.05) is 13.1 Å². The lowest BCUT2D eigenvalue weighted by Gasteiger charge is -2.29. The molecule has 1 aromatic heterocycles. The molecular formula is C19H24FN3O2. The van der Waals surface area contributed by atoms with Crippen molar-refractivity contribution in [3.8, 4) is 0 Å². The third kappa shape index (κ3) is 4.81. The van der Waals surface area contributed by atoms with Crippen molar-refractivity contribution in [1.82, 2.24) is 14.9 Å². The van der Waals surface area contributed by atoms with Crippen molar-refractivity contribution in [2.24, 2.45) is 0 Å². The molecule has 0 radical (unpaired) electrons. The van der Waals surface area contributed by atoms with Gasteiger partial charge in [0.15, 0.2) is 0 Å². The van der Waals surface area contributed by atoms with Crippen LogP contribution in [0.2, 0.25) is 0 Å². The number of aromatic nitrogens is 2. The van der Waals surface area contributed by atoms with Crippen LogP contribution < -0.4 is 0 Å². The van der Waals surface area contributed by atoms with Gasteiger partial charge in [0.05, 0.1) is 25.0 Å². The molecule has 0 aliphatic carbocycles. The molecule has 0 saturated carbocycles. The Kier molecular flexibility index (Phi) is 6.07. The largest absolute Gasteiger partial charge is 0.389 e. The fourth-order valence-corrected chi connectivity index (χ4v) is 3.00. The Morgan fingerprint density at radius 2 is 2.20 bits per heavy atom. The first-order chi connectivity index (χ1) is 12.2. The van der Waals surface area contributed by atoms with Crippen molar-refractivity contribution in [3.63, 3.8) is 0 Å². The van der Waals surface area contributed by atoms with Gasteiger partial charge in [-0.3, -0.25) is 4.90 Å². The first kappa shape index (κ1) is 17.9. The fraction of sp³-hybridized carbons (Fsp3) is 0.474. The van der Waals surface area contributed by atoms with Gasteiger partial charge in [-0.1, -0.05) is 25.1 Å². The molecule has 0 bridgehead atoms. The van der Waals surface area contributed by atoms with E-state index in [-0.39, 0.29) is 19.0 Å². The summed E-state index contributed by atoms with van der Waals surface area (Å²) in [6, 6.07) is 6.52. The van der Waals surface area contributed by atoms with Gasteiger partial charge in [0.2, 0.25) is 0 Å². The lowest BCUT2D eigenvalue weighted by atomic mass is 10.1. The van der Waals surface area contributed by atoms with Crippen LogP contribution in [0, 0.1) is 5.82 Å². The predicted octanol–water partition coefficient (Wildman–Crippen LogP) is 2.11. The van der Waals surface area contributed by atoms with Gasteiger partial charge in [0.25, 0.3) is 0 Å². The van der Waals surface area contributed by atoms with Crippen LogP contribution in [0.4, 0.5) is 4.39 Å². The minimum Gasteiger partial charge on any atom is -0.389 e. The number of aliphatic hydroxyl groups is 1. The van der Waals surface area contributed by atoms with E-state index in [9.17, 15) is 9.50 Å². The molecule has 0 fully saturated rings. The molecule has 0 spiro atoms. The molecule has 0 amide bonds. The van der Waals surface area contributed by atoms with E-state index in [0.717, 1.165) is 37.4 Å². The summed E-state index contributed by atoms with van der Waals surface area (Å²) in [7, 11) is 0. The Morgan fingerprint density at radius 3 is 3.00 bits per heavy atom. The summed E-state index contributed by atoms with van der Waals surface area (Å²) < 4.78 is 19.0. The number of ether oxygens (including phenoxy) is 1. The number of aliphatic hydroxyl groups excluding tert-OH is 1. The van der Waals surface area contributed by atoms with Gasteiger partial charge < -0.3 is 9.84 Å². The van der Waals surface area contributed by atoms with E-state index in [4.69, 9.17) is 4.74 Å². The topological polar surface area (TPSA) is 58.5 Å². The molecule has 1 N–H and O–H groups in total. The van der Waals surface area contributed by atoms with E-state index in [1.165, 1.54) is 11.6 Å². The summed E-state index contributed by atoms with van der Waals surface area (Å²) in [6.07, 6.45) is 3.02. The van der Waals surface area contributed by atoms with Crippen molar-refractivity contribution >= 4 is 0 Å². The van der Waals surface area contributed by atoms with Gasteiger partial charge in [-0.25, -0.2) is 14.4 Å². The monoisotopic (exact) mass is 345 g/mol. The number of hydrogen-bond donors (Lipinski definition) is 1. The maximum absolute atomic E-state index is 13.5. The Hall–Kier alpha value is -1.89. The van der Waals surface area contributed by atoms with Gasteiger partial charge in [-0.15, -0.1) is 0 Å². The maximum atomic E-state index is 13.5. The van der Waals surface area contributed by atoms with Crippen LogP contribution in [-0.4, -0.2) is 45.8 Å². The third-order valence-electron chi connectivity index (χ3n) is 4.39. The molecular weight excluding hydrogens is 321 g/mol. The molecule has 2 heterocycles. The van der Waals surface area contributed by atoms with E-state index in [2.05, 4.69) is 14.9 Å². The van der Waals surface area contributed by atoms with Crippen LogP contribution in [0.3, 0.4) is 0 Å². The van der Waals surface area contributed by atoms with Crippen LogP contribution in [0.15, 0.2) is 30.5 Å². The number of hydrogen-bond acceptors (Lipinski definition) is 5. The highest BCUT2D eigenvalue weighted by atomic mass is 19.1. The first-order valence-corrected chi connectivity index (χ1v) is 8.71. The number of nitrogens with zero attached hydrogens (tertiary/aromatic N) is 3. The van der Waals surface area contributed by atoms with E-state index >= 15 is 0 Å². The molecule has 1 aliphatic rings. The summed E-state index contributed by atoms with van der Waals surface area (Å²) in [5, 5.41) is 10.2. The maximum Gasteiger partial charge on any atom is 0.128 e. The summed E-state index contributed by atoms with van der Waals surface area (Å²) in [5.41, 5.74) is 2.75. The average Bonchev–Trinajstić information content (AvgIpc) is 2.62. The molecule has 2 aromatic rings. The second kappa shape index (κ2) is 8.47. The standard InChI is InChI=1S/C19H24FN3O2/c1-2-19-21-9-14-7-8-23(11-18(14)22-19)10-16(24)13-25-12-15-5-3-4-6-17(15)20/h3-6,9,16,24H,2,7-8,10-13H2,1H3. The Labute approximate surface area is 147 Å². The van der Waals surface area contributed by atoms with E-state index < -0.39 is 6.10 Å². The Balaban J connectivity index is 1.47.